The lowest BCUT2D eigenvalue weighted by molar-refractivity contribution is 0.602. The Bertz CT molecular complexity index is 662. The highest BCUT2D eigenvalue weighted by Crippen LogP contribution is 2.22. The third-order valence-corrected chi connectivity index (χ3v) is 2.56. The van der Waals surface area contributed by atoms with Crippen molar-refractivity contribution in [1.29, 1.82) is 0 Å². The van der Waals surface area contributed by atoms with Crippen LogP contribution in [-0.2, 0) is 6.54 Å². The zero-order chi connectivity index (χ0) is 11.7. The standard InChI is InChI=1S/C12H10N4O/c13-5-9-4-11(15-6-14-9)8-1-2-10-12(3-8)17-7-16-10/h1-4,6-7H,5,13H2. The van der Waals surface area contributed by atoms with Gasteiger partial charge in [0, 0.05) is 12.1 Å². The minimum atomic E-state index is 0.403. The Morgan fingerprint density at radius 1 is 1.12 bits per heavy atom. The molecule has 3 aromatic rings. The third-order valence-electron chi connectivity index (χ3n) is 2.56. The van der Waals surface area contributed by atoms with Crippen LogP contribution in [0, 0.1) is 0 Å². The normalized spacial score (nSPS) is 10.9. The van der Waals surface area contributed by atoms with Crippen LogP contribution in [-0.4, -0.2) is 15.0 Å². The second kappa shape index (κ2) is 3.95. The average Bonchev–Trinajstić information content (AvgIpc) is 2.86. The minimum Gasteiger partial charge on any atom is -0.443 e. The number of oxazole rings is 1. The molecule has 2 N–H and O–H groups in total. The van der Waals surface area contributed by atoms with Gasteiger partial charge in [0.2, 0.25) is 0 Å². The third kappa shape index (κ3) is 1.76. The number of fused-ring (bicyclic) bond motifs is 1. The number of benzene rings is 1. The molecule has 2 aromatic heterocycles. The van der Waals surface area contributed by atoms with E-state index >= 15 is 0 Å². The first kappa shape index (κ1) is 9.92. The fraction of sp³-hybridized carbons (Fsp3) is 0.0833. The fourth-order valence-corrected chi connectivity index (χ4v) is 1.68. The summed E-state index contributed by atoms with van der Waals surface area (Å²) in [5.41, 5.74) is 9.74. The van der Waals surface area contributed by atoms with E-state index in [1.165, 1.54) is 12.7 Å². The first-order valence-electron chi connectivity index (χ1n) is 5.21. The second-order valence-corrected chi connectivity index (χ2v) is 3.63. The van der Waals surface area contributed by atoms with Gasteiger partial charge in [-0.25, -0.2) is 15.0 Å². The summed E-state index contributed by atoms with van der Waals surface area (Å²) in [7, 11) is 0. The Morgan fingerprint density at radius 2 is 2.06 bits per heavy atom. The van der Waals surface area contributed by atoms with Crippen molar-refractivity contribution >= 4 is 11.1 Å². The van der Waals surface area contributed by atoms with Gasteiger partial charge in [-0.15, -0.1) is 0 Å². The van der Waals surface area contributed by atoms with E-state index in [0.29, 0.717) is 6.54 Å². The minimum absolute atomic E-state index is 0.403. The van der Waals surface area contributed by atoms with Crippen LogP contribution in [0.3, 0.4) is 0 Å². The molecule has 17 heavy (non-hydrogen) atoms. The molecule has 0 aliphatic heterocycles. The molecular formula is C12H10N4O. The zero-order valence-corrected chi connectivity index (χ0v) is 9.00. The number of aromatic nitrogens is 3. The summed E-state index contributed by atoms with van der Waals surface area (Å²) in [6.07, 6.45) is 2.95. The van der Waals surface area contributed by atoms with E-state index in [1.807, 2.05) is 24.3 Å². The molecule has 1 aromatic carbocycles. The molecule has 0 fully saturated rings. The average molecular weight is 226 g/mol. The first-order valence-corrected chi connectivity index (χ1v) is 5.21. The highest BCUT2D eigenvalue weighted by Gasteiger charge is 2.04. The lowest BCUT2D eigenvalue weighted by Crippen LogP contribution is -2.00. The van der Waals surface area contributed by atoms with Crippen LogP contribution >= 0.6 is 0 Å². The molecule has 0 atom stereocenters. The smallest absolute Gasteiger partial charge is 0.181 e. The highest BCUT2D eigenvalue weighted by molar-refractivity contribution is 5.78. The summed E-state index contributed by atoms with van der Waals surface area (Å²) >= 11 is 0. The maximum atomic E-state index is 5.55. The molecule has 0 aliphatic rings. The van der Waals surface area contributed by atoms with Gasteiger partial charge in [0.15, 0.2) is 12.0 Å². The maximum Gasteiger partial charge on any atom is 0.181 e. The van der Waals surface area contributed by atoms with Gasteiger partial charge in [-0.2, -0.15) is 0 Å². The largest absolute Gasteiger partial charge is 0.443 e. The monoisotopic (exact) mass is 226 g/mol. The van der Waals surface area contributed by atoms with Gasteiger partial charge in [-0.1, -0.05) is 6.07 Å². The van der Waals surface area contributed by atoms with Gasteiger partial charge in [0.1, 0.15) is 11.8 Å². The van der Waals surface area contributed by atoms with Gasteiger partial charge in [-0.3, -0.25) is 0 Å². The van der Waals surface area contributed by atoms with Crippen molar-refractivity contribution in [3.63, 3.8) is 0 Å². The SMILES string of the molecule is NCc1cc(-c2ccc3ncoc3c2)ncn1. The van der Waals surface area contributed by atoms with Crippen molar-refractivity contribution in [3.8, 4) is 11.3 Å². The van der Waals surface area contributed by atoms with Crippen molar-refractivity contribution in [2.45, 2.75) is 6.54 Å². The molecule has 0 unspecified atom stereocenters. The summed E-state index contributed by atoms with van der Waals surface area (Å²) < 4.78 is 5.26. The Morgan fingerprint density at radius 3 is 2.94 bits per heavy atom. The van der Waals surface area contributed by atoms with E-state index in [0.717, 1.165) is 28.1 Å². The van der Waals surface area contributed by atoms with Crippen molar-refractivity contribution in [2.24, 2.45) is 5.73 Å². The van der Waals surface area contributed by atoms with E-state index in [4.69, 9.17) is 10.2 Å². The topological polar surface area (TPSA) is 77.8 Å². The molecule has 3 rings (SSSR count). The molecule has 0 amide bonds. The van der Waals surface area contributed by atoms with Crippen LogP contribution in [0.2, 0.25) is 0 Å². The van der Waals surface area contributed by atoms with Crippen LogP contribution in [0.15, 0.2) is 41.4 Å². The number of rotatable bonds is 2. The van der Waals surface area contributed by atoms with E-state index in [-0.39, 0.29) is 0 Å². The van der Waals surface area contributed by atoms with Crippen molar-refractivity contribution < 1.29 is 4.42 Å². The van der Waals surface area contributed by atoms with Crippen LogP contribution in [0.1, 0.15) is 5.69 Å². The predicted molar refractivity (Wildman–Crippen MR) is 62.9 cm³/mol. The van der Waals surface area contributed by atoms with Crippen LogP contribution in [0.5, 0.6) is 0 Å². The molecule has 5 nitrogen and oxygen atoms in total. The molecule has 2 heterocycles. The molecule has 0 spiro atoms. The lowest BCUT2D eigenvalue weighted by atomic mass is 10.1. The molecule has 0 bridgehead atoms. The molecule has 0 radical (unpaired) electrons. The van der Waals surface area contributed by atoms with Gasteiger partial charge in [-0.05, 0) is 18.2 Å². The molecule has 0 aliphatic carbocycles. The number of hydrogen-bond acceptors (Lipinski definition) is 5. The molecular weight excluding hydrogens is 216 g/mol. The molecule has 84 valence electrons. The Balaban J connectivity index is 2.12. The molecule has 5 heteroatoms. The van der Waals surface area contributed by atoms with E-state index < -0.39 is 0 Å². The fourth-order valence-electron chi connectivity index (χ4n) is 1.68. The van der Waals surface area contributed by atoms with E-state index in [1.54, 1.807) is 0 Å². The van der Waals surface area contributed by atoms with Crippen LogP contribution in [0.4, 0.5) is 0 Å². The van der Waals surface area contributed by atoms with Gasteiger partial charge in [0.25, 0.3) is 0 Å². The maximum absolute atomic E-state index is 5.55. The van der Waals surface area contributed by atoms with Crippen LogP contribution < -0.4 is 5.73 Å². The Kier molecular flexibility index (Phi) is 2.31. The van der Waals surface area contributed by atoms with Crippen molar-refractivity contribution in [3.05, 3.63) is 42.7 Å². The van der Waals surface area contributed by atoms with Gasteiger partial charge in [0.05, 0.1) is 11.4 Å². The lowest BCUT2D eigenvalue weighted by Gasteiger charge is -2.01. The van der Waals surface area contributed by atoms with Crippen molar-refractivity contribution in [2.75, 3.05) is 0 Å². The number of nitrogens with zero attached hydrogens (tertiary/aromatic N) is 3. The zero-order valence-electron chi connectivity index (χ0n) is 9.00. The number of nitrogens with two attached hydrogens (primary N) is 1. The second-order valence-electron chi connectivity index (χ2n) is 3.63. The highest BCUT2D eigenvalue weighted by atomic mass is 16.3. The van der Waals surface area contributed by atoms with E-state index in [2.05, 4.69) is 15.0 Å². The molecule has 0 saturated heterocycles. The summed E-state index contributed by atoms with van der Waals surface area (Å²) in [4.78, 5) is 12.4. The van der Waals surface area contributed by atoms with Gasteiger partial charge >= 0.3 is 0 Å². The summed E-state index contributed by atoms with van der Waals surface area (Å²) in [6.45, 7) is 0.403. The number of hydrogen-bond donors (Lipinski definition) is 1. The Labute approximate surface area is 97.3 Å². The molecule has 0 saturated carbocycles. The van der Waals surface area contributed by atoms with Crippen LogP contribution in [0.25, 0.3) is 22.4 Å². The summed E-state index contributed by atoms with van der Waals surface area (Å²) in [5.74, 6) is 0. The Hall–Kier alpha value is -2.27. The van der Waals surface area contributed by atoms with Crippen molar-refractivity contribution in [1.82, 2.24) is 15.0 Å². The first-order chi connectivity index (χ1) is 8.36. The quantitative estimate of drug-likeness (QED) is 0.720. The summed E-state index contributed by atoms with van der Waals surface area (Å²) in [6, 6.07) is 7.63. The van der Waals surface area contributed by atoms with Gasteiger partial charge < -0.3 is 10.2 Å². The summed E-state index contributed by atoms with van der Waals surface area (Å²) in [5, 5.41) is 0. The van der Waals surface area contributed by atoms with E-state index in [9.17, 15) is 0 Å². The predicted octanol–water partition coefficient (Wildman–Crippen LogP) is 1.74.